The van der Waals surface area contributed by atoms with E-state index in [2.05, 4.69) is 25.8 Å². The Morgan fingerprint density at radius 2 is 2.24 bits per heavy atom. The Morgan fingerprint density at radius 3 is 3.00 bits per heavy atom. The van der Waals surface area contributed by atoms with Gasteiger partial charge >= 0.3 is 5.97 Å². The summed E-state index contributed by atoms with van der Waals surface area (Å²) in [6.45, 7) is 2.98. The van der Waals surface area contributed by atoms with Crippen LogP contribution in [0.2, 0.25) is 0 Å². The molecule has 3 aliphatic rings. The van der Waals surface area contributed by atoms with Gasteiger partial charge in [-0.1, -0.05) is 12.1 Å². The number of fused-ring (bicyclic) bond motifs is 1. The first-order chi connectivity index (χ1) is 15.9. The number of hydrazone groups is 1. The second-order valence-corrected chi connectivity index (χ2v) is 9.02. The summed E-state index contributed by atoms with van der Waals surface area (Å²) in [6, 6.07) is 3.72. The fraction of sp³-hybridized carbons (Fsp3) is 0.318. The lowest BCUT2D eigenvalue weighted by molar-refractivity contribution is -0.133. The molecule has 2 atom stereocenters. The minimum atomic E-state index is -1.13. The average molecular weight is 469 g/mol. The maximum atomic E-state index is 14.4. The number of nitrogens with zero attached hydrogens (tertiary/aromatic N) is 4. The zero-order valence-electron chi connectivity index (χ0n) is 17.7. The fourth-order valence-corrected chi connectivity index (χ4v) is 5.01. The van der Waals surface area contributed by atoms with Gasteiger partial charge in [0.1, 0.15) is 11.9 Å². The van der Waals surface area contributed by atoms with Gasteiger partial charge in [-0.3, -0.25) is 14.7 Å². The van der Waals surface area contributed by atoms with Crippen molar-refractivity contribution in [1.82, 2.24) is 20.6 Å². The van der Waals surface area contributed by atoms with E-state index in [1.807, 2.05) is 10.3 Å². The molecule has 9 nitrogen and oxygen atoms in total. The topological polar surface area (TPSA) is 119 Å². The summed E-state index contributed by atoms with van der Waals surface area (Å²) in [6.07, 6.45) is 2.26. The third-order valence-corrected chi connectivity index (χ3v) is 6.91. The first-order valence-electron chi connectivity index (χ1n) is 10.5. The van der Waals surface area contributed by atoms with Crippen LogP contribution in [0.1, 0.15) is 28.6 Å². The Bertz CT molecular complexity index is 1220. The zero-order chi connectivity index (χ0) is 23.1. The third kappa shape index (κ3) is 3.93. The van der Waals surface area contributed by atoms with Gasteiger partial charge in [0.25, 0.3) is 0 Å². The molecule has 33 heavy (non-hydrogen) atoms. The Balaban J connectivity index is 1.54. The predicted molar refractivity (Wildman–Crippen MR) is 120 cm³/mol. The molecule has 4 heterocycles. The monoisotopic (exact) mass is 468 g/mol. The summed E-state index contributed by atoms with van der Waals surface area (Å²) >= 11 is 1.38. The standard InChI is InChI=1S/C22H21FN6O3S/c1-11-12(3-2-4-14(11)23)18-17(22(31)32)16(25-19(26-18)21-24-6-8-33-21)10-29-7-5-13-15(9-29)27-28-20(13)30/h2-4,6,8,13,18H,5,7,9-10H2,1H3,(H,25,26)(H,28,30)(H,31,32)/t13?,18-/m0/s1. The van der Waals surface area contributed by atoms with Gasteiger partial charge < -0.3 is 10.4 Å². The Labute approximate surface area is 192 Å². The molecular formula is C22H21FN6O3S. The Kier molecular flexibility index (Phi) is 5.51. The van der Waals surface area contributed by atoms with Gasteiger partial charge in [-0.15, -0.1) is 11.3 Å². The number of carbonyl (C=O) groups excluding carboxylic acids is 1. The van der Waals surface area contributed by atoms with Crippen molar-refractivity contribution in [3.8, 4) is 0 Å². The van der Waals surface area contributed by atoms with Gasteiger partial charge in [0, 0.05) is 36.9 Å². The van der Waals surface area contributed by atoms with Crippen LogP contribution in [0.3, 0.4) is 0 Å². The molecule has 1 saturated heterocycles. The second kappa shape index (κ2) is 8.49. The number of carboxylic acid groups (broad SMARTS) is 1. The number of likely N-dealkylation sites (tertiary alicyclic amines) is 1. The van der Waals surface area contributed by atoms with Gasteiger partial charge in [-0.2, -0.15) is 5.10 Å². The lowest BCUT2D eigenvalue weighted by Gasteiger charge is -2.33. The number of nitrogens with one attached hydrogen (secondary N) is 2. The summed E-state index contributed by atoms with van der Waals surface area (Å²) in [5.74, 6) is -1.40. The fourth-order valence-electron chi connectivity index (χ4n) is 4.42. The Hall–Kier alpha value is -3.44. The highest BCUT2D eigenvalue weighted by Crippen LogP contribution is 2.35. The van der Waals surface area contributed by atoms with Crippen LogP contribution in [0, 0.1) is 18.7 Å². The molecule has 0 bridgehead atoms. The van der Waals surface area contributed by atoms with Crippen molar-refractivity contribution in [3.05, 3.63) is 63.0 Å². The van der Waals surface area contributed by atoms with Crippen molar-refractivity contribution in [1.29, 1.82) is 0 Å². The highest BCUT2D eigenvalue weighted by atomic mass is 32.1. The van der Waals surface area contributed by atoms with Gasteiger partial charge in [-0.25, -0.2) is 19.6 Å². The maximum Gasteiger partial charge on any atom is 0.335 e. The molecule has 11 heteroatoms. The lowest BCUT2D eigenvalue weighted by atomic mass is 9.91. The lowest BCUT2D eigenvalue weighted by Crippen LogP contribution is -2.45. The van der Waals surface area contributed by atoms with E-state index in [4.69, 9.17) is 0 Å². The zero-order valence-corrected chi connectivity index (χ0v) is 18.5. The summed E-state index contributed by atoms with van der Waals surface area (Å²) < 4.78 is 14.4. The van der Waals surface area contributed by atoms with E-state index in [0.29, 0.717) is 47.2 Å². The largest absolute Gasteiger partial charge is 0.478 e. The number of benzene rings is 1. The van der Waals surface area contributed by atoms with Crippen LogP contribution >= 0.6 is 11.3 Å². The number of thiazole rings is 1. The molecule has 0 spiro atoms. The van der Waals surface area contributed by atoms with E-state index in [1.54, 1.807) is 25.3 Å². The quantitative estimate of drug-likeness (QED) is 0.616. The van der Waals surface area contributed by atoms with E-state index < -0.39 is 17.8 Å². The highest BCUT2D eigenvalue weighted by molar-refractivity contribution is 7.11. The van der Waals surface area contributed by atoms with E-state index in [-0.39, 0.29) is 23.9 Å². The highest BCUT2D eigenvalue weighted by Gasteiger charge is 2.37. The van der Waals surface area contributed by atoms with E-state index in [9.17, 15) is 19.1 Å². The molecule has 1 fully saturated rings. The normalized spacial score (nSPS) is 22.9. The number of aliphatic carboxylic acids is 1. The molecule has 1 unspecified atom stereocenters. The van der Waals surface area contributed by atoms with Crippen molar-refractivity contribution in [2.45, 2.75) is 19.4 Å². The molecule has 170 valence electrons. The van der Waals surface area contributed by atoms with Gasteiger partial charge in [0.2, 0.25) is 5.91 Å². The smallest absolute Gasteiger partial charge is 0.335 e. The SMILES string of the molecule is Cc1c(F)cccc1[C@@H]1N=C(c2nccs2)NC(CN2CCC3C(=O)NN=C3C2)=C1C(=O)O. The number of aromatic nitrogens is 1. The molecule has 0 saturated carbocycles. The number of hydrogen-bond donors (Lipinski definition) is 3. The number of halogens is 1. The molecular weight excluding hydrogens is 447 g/mol. The number of rotatable bonds is 5. The number of carboxylic acids is 1. The van der Waals surface area contributed by atoms with Crippen LogP contribution in [0.25, 0.3) is 0 Å². The molecule has 3 aliphatic heterocycles. The summed E-state index contributed by atoms with van der Waals surface area (Å²) in [5.41, 5.74) is 4.65. The van der Waals surface area contributed by atoms with Crippen molar-refractivity contribution in [2.24, 2.45) is 16.0 Å². The molecule has 5 rings (SSSR count). The van der Waals surface area contributed by atoms with Crippen LogP contribution in [0.4, 0.5) is 4.39 Å². The number of amides is 1. The van der Waals surface area contributed by atoms with Crippen molar-refractivity contribution in [2.75, 3.05) is 19.6 Å². The number of aliphatic imine (C=N–C) groups is 1. The number of piperidine rings is 1. The van der Waals surface area contributed by atoms with Crippen molar-refractivity contribution in [3.63, 3.8) is 0 Å². The number of hydrogen-bond acceptors (Lipinski definition) is 8. The Morgan fingerprint density at radius 1 is 1.39 bits per heavy atom. The molecule has 1 aromatic carbocycles. The van der Waals surface area contributed by atoms with Crippen molar-refractivity contribution >= 4 is 34.8 Å². The molecule has 0 radical (unpaired) electrons. The third-order valence-electron chi connectivity index (χ3n) is 6.13. The first kappa shape index (κ1) is 21.4. The van der Waals surface area contributed by atoms with Crippen LogP contribution in [0.5, 0.6) is 0 Å². The summed E-state index contributed by atoms with van der Waals surface area (Å²) in [7, 11) is 0. The molecule has 1 aromatic heterocycles. The average Bonchev–Trinajstić information content (AvgIpc) is 3.45. The van der Waals surface area contributed by atoms with Gasteiger partial charge in [0.05, 0.1) is 17.2 Å². The molecule has 3 N–H and O–H groups in total. The van der Waals surface area contributed by atoms with E-state index >= 15 is 0 Å². The number of amidine groups is 1. The van der Waals surface area contributed by atoms with E-state index in [0.717, 1.165) is 5.71 Å². The van der Waals surface area contributed by atoms with Gasteiger partial charge in [0.15, 0.2) is 10.8 Å². The van der Waals surface area contributed by atoms with Crippen LogP contribution in [-0.4, -0.2) is 58.0 Å². The maximum absolute atomic E-state index is 14.4. The molecule has 0 aliphatic carbocycles. The molecule has 1 amide bonds. The molecule has 2 aromatic rings. The van der Waals surface area contributed by atoms with Crippen LogP contribution in [-0.2, 0) is 9.59 Å². The predicted octanol–water partition coefficient (Wildman–Crippen LogP) is 1.83. The minimum absolute atomic E-state index is 0.0636. The number of carbonyl (C=O) groups is 2. The first-order valence-corrected chi connectivity index (χ1v) is 11.3. The van der Waals surface area contributed by atoms with E-state index in [1.165, 1.54) is 17.4 Å². The van der Waals surface area contributed by atoms with Gasteiger partial charge in [-0.05, 0) is 30.5 Å². The second-order valence-electron chi connectivity index (χ2n) is 8.13. The summed E-state index contributed by atoms with van der Waals surface area (Å²) in [5, 5.41) is 19.9. The minimum Gasteiger partial charge on any atom is -0.478 e. The van der Waals surface area contributed by atoms with Crippen LogP contribution < -0.4 is 10.7 Å². The van der Waals surface area contributed by atoms with Crippen LogP contribution in [0.15, 0.2) is 51.1 Å². The van der Waals surface area contributed by atoms with Crippen molar-refractivity contribution < 1.29 is 19.1 Å². The summed E-state index contributed by atoms with van der Waals surface area (Å²) in [4.78, 5) is 35.3.